The minimum absolute atomic E-state index is 1.02. The molecule has 1 aromatic heterocycles. The van der Waals surface area contributed by atoms with E-state index in [-0.39, 0.29) is 0 Å². The molecule has 0 bridgehead atoms. The highest BCUT2D eigenvalue weighted by atomic mass is 28.3. The maximum Gasteiger partial charge on any atom is 0.0671 e. The lowest BCUT2D eigenvalue weighted by Gasteiger charge is -2.17. The number of hydrogen-bond donors (Lipinski definition) is 0. The first-order chi connectivity index (χ1) is 6.56. The summed E-state index contributed by atoms with van der Waals surface area (Å²) in [5, 5.41) is 1.35. The summed E-state index contributed by atoms with van der Waals surface area (Å²) in [6, 6.07) is 10.8. The number of aromatic nitrogens is 1. The summed E-state index contributed by atoms with van der Waals surface area (Å²) in [6.07, 6.45) is 3.42. The van der Waals surface area contributed by atoms with Gasteiger partial charge < -0.3 is 4.57 Å². The molecular weight excluding hydrogens is 186 g/mol. The van der Waals surface area contributed by atoms with Crippen molar-refractivity contribution in [1.82, 2.24) is 4.57 Å². The Morgan fingerprint density at radius 3 is 2.50 bits per heavy atom. The summed E-state index contributed by atoms with van der Waals surface area (Å²) in [5.74, 6) is 0. The molecule has 74 valence electrons. The summed E-state index contributed by atoms with van der Waals surface area (Å²) in [5.41, 5.74) is 1.37. The van der Waals surface area contributed by atoms with Crippen molar-refractivity contribution in [2.45, 2.75) is 25.8 Å². The van der Waals surface area contributed by atoms with Crippen LogP contribution in [0.3, 0.4) is 0 Å². The molecule has 1 heterocycles. The topological polar surface area (TPSA) is 4.93 Å². The quantitative estimate of drug-likeness (QED) is 0.658. The standard InChI is InChI=1S/C12H17NSi/c1-14(2,3)10-13-9-8-11-6-4-5-7-12(11)13/h4-9H,10H2,1-3H3. The third kappa shape index (κ3) is 1.90. The van der Waals surface area contributed by atoms with Gasteiger partial charge in [-0.3, -0.25) is 0 Å². The van der Waals surface area contributed by atoms with Crippen molar-refractivity contribution in [3.8, 4) is 0 Å². The average Bonchev–Trinajstić information content (AvgIpc) is 2.47. The molecule has 0 atom stereocenters. The fourth-order valence-electron chi connectivity index (χ4n) is 1.79. The van der Waals surface area contributed by atoms with Crippen LogP contribution < -0.4 is 0 Å². The maximum atomic E-state index is 2.40. The molecule has 0 spiro atoms. The van der Waals surface area contributed by atoms with Crippen molar-refractivity contribution < 1.29 is 0 Å². The Kier molecular flexibility index (Phi) is 2.23. The summed E-state index contributed by atoms with van der Waals surface area (Å²) < 4.78 is 2.39. The number of fused-ring (bicyclic) bond motifs is 1. The van der Waals surface area contributed by atoms with E-state index in [0.29, 0.717) is 0 Å². The van der Waals surface area contributed by atoms with Crippen LogP contribution in [0.5, 0.6) is 0 Å². The van der Waals surface area contributed by atoms with Gasteiger partial charge in [0.2, 0.25) is 0 Å². The van der Waals surface area contributed by atoms with Crippen molar-refractivity contribution in [2.24, 2.45) is 0 Å². The van der Waals surface area contributed by atoms with Gasteiger partial charge in [0, 0.05) is 17.9 Å². The zero-order valence-corrected chi connectivity index (χ0v) is 10.1. The van der Waals surface area contributed by atoms with Crippen molar-refractivity contribution in [2.75, 3.05) is 0 Å². The Balaban J connectivity index is 2.44. The van der Waals surface area contributed by atoms with Gasteiger partial charge in [-0.2, -0.15) is 0 Å². The molecule has 2 heteroatoms. The predicted molar refractivity (Wildman–Crippen MR) is 65.3 cm³/mol. The van der Waals surface area contributed by atoms with E-state index in [9.17, 15) is 0 Å². The first-order valence-electron chi connectivity index (χ1n) is 5.10. The van der Waals surface area contributed by atoms with E-state index in [2.05, 4.69) is 60.7 Å². The van der Waals surface area contributed by atoms with Gasteiger partial charge in [0.15, 0.2) is 0 Å². The monoisotopic (exact) mass is 203 g/mol. The third-order valence-electron chi connectivity index (χ3n) is 2.32. The van der Waals surface area contributed by atoms with Crippen molar-refractivity contribution in [3.05, 3.63) is 36.5 Å². The molecule has 1 nitrogen and oxygen atoms in total. The second kappa shape index (κ2) is 3.28. The summed E-state index contributed by atoms with van der Waals surface area (Å²) in [4.78, 5) is 0. The van der Waals surface area contributed by atoms with Gasteiger partial charge in [-0.15, -0.1) is 0 Å². The zero-order chi connectivity index (χ0) is 10.2. The highest BCUT2D eigenvalue weighted by molar-refractivity contribution is 6.75. The number of rotatable bonds is 2. The second-order valence-electron chi connectivity index (χ2n) is 5.06. The van der Waals surface area contributed by atoms with Crippen molar-refractivity contribution in [1.29, 1.82) is 0 Å². The lowest BCUT2D eigenvalue weighted by molar-refractivity contribution is 0.897. The molecule has 2 aromatic rings. The molecule has 0 radical (unpaired) electrons. The molecular formula is C12H17NSi. The fourth-order valence-corrected chi connectivity index (χ4v) is 3.09. The van der Waals surface area contributed by atoms with Crippen molar-refractivity contribution in [3.63, 3.8) is 0 Å². The average molecular weight is 203 g/mol. The molecule has 0 unspecified atom stereocenters. The first kappa shape index (κ1) is 9.53. The molecule has 14 heavy (non-hydrogen) atoms. The molecule has 0 aliphatic heterocycles. The minimum Gasteiger partial charge on any atom is -0.350 e. The van der Waals surface area contributed by atoms with E-state index in [1.54, 1.807) is 0 Å². The van der Waals surface area contributed by atoms with Crippen LogP contribution in [0.25, 0.3) is 10.9 Å². The van der Waals surface area contributed by atoms with Crippen molar-refractivity contribution >= 4 is 19.0 Å². The van der Waals surface area contributed by atoms with Gasteiger partial charge in [0.1, 0.15) is 0 Å². The molecule has 0 aliphatic carbocycles. The summed E-state index contributed by atoms with van der Waals surface area (Å²) in [6.45, 7) is 7.21. The van der Waals surface area contributed by atoms with Crippen LogP contribution in [0, 0.1) is 0 Å². The van der Waals surface area contributed by atoms with E-state index in [1.165, 1.54) is 17.1 Å². The molecule has 2 rings (SSSR count). The van der Waals surface area contributed by atoms with Crippen LogP contribution >= 0.6 is 0 Å². The Bertz CT molecular complexity index is 437. The van der Waals surface area contributed by atoms with Gasteiger partial charge in [0.25, 0.3) is 0 Å². The third-order valence-corrected chi connectivity index (χ3v) is 3.61. The van der Waals surface area contributed by atoms with Crippen LogP contribution in [-0.4, -0.2) is 12.6 Å². The van der Waals surface area contributed by atoms with Crippen LogP contribution in [0.4, 0.5) is 0 Å². The van der Waals surface area contributed by atoms with E-state index >= 15 is 0 Å². The molecule has 0 aliphatic rings. The normalized spacial score (nSPS) is 12.2. The van der Waals surface area contributed by atoms with E-state index in [4.69, 9.17) is 0 Å². The molecule has 0 saturated heterocycles. The largest absolute Gasteiger partial charge is 0.350 e. The second-order valence-corrected chi connectivity index (χ2v) is 10.5. The van der Waals surface area contributed by atoms with Gasteiger partial charge in [-0.05, 0) is 17.5 Å². The van der Waals surface area contributed by atoms with Gasteiger partial charge in [-0.1, -0.05) is 37.8 Å². The maximum absolute atomic E-state index is 2.40. The number of nitrogens with zero attached hydrogens (tertiary/aromatic N) is 1. The van der Waals surface area contributed by atoms with Crippen LogP contribution in [0.15, 0.2) is 36.5 Å². The fraction of sp³-hybridized carbons (Fsp3) is 0.333. The smallest absolute Gasteiger partial charge is 0.0671 e. The number of para-hydroxylation sites is 1. The Morgan fingerprint density at radius 1 is 1.07 bits per heavy atom. The van der Waals surface area contributed by atoms with E-state index < -0.39 is 8.07 Å². The molecule has 1 aromatic carbocycles. The molecule has 0 amide bonds. The summed E-state index contributed by atoms with van der Waals surface area (Å²) >= 11 is 0. The van der Waals surface area contributed by atoms with Crippen LogP contribution in [0.2, 0.25) is 19.6 Å². The Morgan fingerprint density at radius 2 is 1.79 bits per heavy atom. The lowest BCUT2D eigenvalue weighted by atomic mass is 10.2. The van der Waals surface area contributed by atoms with Crippen LogP contribution in [0.1, 0.15) is 0 Å². The SMILES string of the molecule is C[Si](C)(C)Cn1ccc2ccccc21. The minimum atomic E-state index is -1.02. The highest BCUT2D eigenvalue weighted by Crippen LogP contribution is 2.17. The van der Waals surface area contributed by atoms with E-state index in [0.717, 1.165) is 0 Å². The Labute approximate surface area is 86.4 Å². The van der Waals surface area contributed by atoms with Gasteiger partial charge in [-0.25, -0.2) is 0 Å². The van der Waals surface area contributed by atoms with Gasteiger partial charge in [0.05, 0.1) is 8.07 Å². The Hall–Kier alpha value is -1.02. The van der Waals surface area contributed by atoms with E-state index in [1.807, 2.05) is 0 Å². The molecule has 0 N–H and O–H groups in total. The van der Waals surface area contributed by atoms with Gasteiger partial charge >= 0.3 is 0 Å². The predicted octanol–water partition coefficient (Wildman–Crippen LogP) is 3.52. The zero-order valence-electron chi connectivity index (χ0n) is 9.12. The van der Waals surface area contributed by atoms with Crippen LogP contribution in [-0.2, 0) is 6.17 Å². The highest BCUT2D eigenvalue weighted by Gasteiger charge is 2.14. The molecule has 0 fully saturated rings. The lowest BCUT2D eigenvalue weighted by Crippen LogP contribution is -2.27. The summed E-state index contributed by atoms with van der Waals surface area (Å²) in [7, 11) is -1.02. The number of hydrogen-bond acceptors (Lipinski definition) is 0. The number of benzene rings is 1. The first-order valence-corrected chi connectivity index (χ1v) is 8.81. The molecule has 0 saturated carbocycles.